The number of carboxylic acid groups (broad SMARTS) is 1. The molecule has 0 aromatic heterocycles. The van der Waals surface area contributed by atoms with Crippen molar-refractivity contribution in [3.8, 4) is 0 Å². The first kappa shape index (κ1) is 12.0. The highest BCUT2D eigenvalue weighted by Gasteiger charge is 2.15. The highest BCUT2D eigenvalue weighted by atomic mass is 35.5. The van der Waals surface area contributed by atoms with Crippen molar-refractivity contribution in [2.24, 2.45) is 0 Å². The molecule has 0 amide bonds. The molecule has 0 aliphatic heterocycles. The Bertz CT molecular complexity index is 313. The number of ether oxygens (including phenoxy) is 1. The van der Waals surface area contributed by atoms with E-state index in [4.69, 9.17) is 21.4 Å². The van der Waals surface area contributed by atoms with Crippen LogP contribution in [0.25, 0.3) is 0 Å². The molecule has 0 aliphatic carbocycles. The Balaban J connectivity index is 2.43. The number of aliphatic carboxylic acids is 1. The maximum Gasteiger partial charge on any atom is 0.324 e. The first-order chi connectivity index (χ1) is 7.11. The third-order valence-corrected chi connectivity index (χ3v) is 2.34. The average Bonchev–Trinajstić information content (AvgIpc) is 2.26. The summed E-state index contributed by atoms with van der Waals surface area (Å²) < 4.78 is 5.34. The lowest BCUT2D eigenvalue weighted by Gasteiger charge is -2.14. The zero-order valence-corrected chi connectivity index (χ0v) is 9.15. The van der Waals surface area contributed by atoms with Gasteiger partial charge in [-0.3, -0.25) is 4.79 Å². The summed E-state index contributed by atoms with van der Waals surface area (Å²) >= 11 is 5.52. The third kappa shape index (κ3) is 3.90. The van der Waals surface area contributed by atoms with Crippen LogP contribution in [-0.4, -0.2) is 23.1 Å². The number of hydrogen-bond acceptors (Lipinski definition) is 2. The minimum Gasteiger partial charge on any atom is -0.480 e. The number of rotatable bonds is 5. The number of benzene rings is 1. The van der Waals surface area contributed by atoms with Crippen LogP contribution in [0.4, 0.5) is 0 Å². The fourth-order valence-corrected chi connectivity index (χ4v) is 1.19. The number of alkyl halides is 1. The van der Waals surface area contributed by atoms with Crippen molar-refractivity contribution in [1.82, 2.24) is 0 Å². The standard InChI is InChI=1S/C11H13ClO3/c1-8(9-5-3-2-4-6-9)15-7-10(12)11(13)14/h2-6,8,10H,7H2,1H3,(H,13,14). The molecule has 2 unspecified atom stereocenters. The molecule has 2 atom stereocenters. The van der Waals surface area contributed by atoms with Gasteiger partial charge in [0.25, 0.3) is 0 Å². The number of hydrogen-bond donors (Lipinski definition) is 1. The summed E-state index contributed by atoms with van der Waals surface area (Å²) in [4.78, 5) is 10.4. The third-order valence-electron chi connectivity index (χ3n) is 2.03. The second-order valence-corrected chi connectivity index (χ2v) is 3.72. The highest BCUT2D eigenvalue weighted by Crippen LogP contribution is 2.16. The monoisotopic (exact) mass is 228 g/mol. The molecule has 0 aliphatic rings. The van der Waals surface area contributed by atoms with Crippen molar-refractivity contribution in [1.29, 1.82) is 0 Å². The minimum absolute atomic E-state index is 0.00689. The maximum atomic E-state index is 10.4. The fraction of sp³-hybridized carbons (Fsp3) is 0.364. The van der Waals surface area contributed by atoms with Crippen LogP contribution >= 0.6 is 11.6 Å². The number of carboxylic acids is 1. The van der Waals surface area contributed by atoms with Gasteiger partial charge in [-0.25, -0.2) is 0 Å². The van der Waals surface area contributed by atoms with E-state index in [1.54, 1.807) is 0 Å². The van der Waals surface area contributed by atoms with Crippen LogP contribution < -0.4 is 0 Å². The van der Waals surface area contributed by atoms with E-state index in [1.165, 1.54) is 0 Å². The van der Waals surface area contributed by atoms with E-state index in [2.05, 4.69) is 0 Å². The van der Waals surface area contributed by atoms with Gasteiger partial charge in [-0.1, -0.05) is 30.3 Å². The van der Waals surface area contributed by atoms with Crippen LogP contribution in [-0.2, 0) is 9.53 Å². The zero-order valence-electron chi connectivity index (χ0n) is 8.39. The van der Waals surface area contributed by atoms with Crippen molar-refractivity contribution < 1.29 is 14.6 Å². The molecule has 4 heteroatoms. The van der Waals surface area contributed by atoms with E-state index < -0.39 is 11.3 Å². The second kappa shape index (κ2) is 5.73. The summed E-state index contributed by atoms with van der Waals surface area (Å²) in [5.74, 6) is -1.06. The molecule has 0 radical (unpaired) electrons. The van der Waals surface area contributed by atoms with E-state index in [1.807, 2.05) is 37.3 Å². The second-order valence-electron chi connectivity index (χ2n) is 3.19. The Labute approximate surface area is 93.6 Å². The van der Waals surface area contributed by atoms with Gasteiger partial charge in [-0.2, -0.15) is 0 Å². The molecular weight excluding hydrogens is 216 g/mol. The summed E-state index contributed by atoms with van der Waals surface area (Å²) in [6.45, 7) is 1.87. The van der Waals surface area contributed by atoms with Gasteiger partial charge < -0.3 is 9.84 Å². The Morgan fingerprint density at radius 1 is 1.47 bits per heavy atom. The Morgan fingerprint density at radius 3 is 2.60 bits per heavy atom. The molecule has 0 heterocycles. The van der Waals surface area contributed by atoms with Crippen molar-refractivity contribution >= 4 is 17.6 Å². The summed E-state index contributed by atoms with van der Waals surface area (Å²) in [6, 6.07) is 9.58. The average molecular weight is 229 g/mol. The van der Waals surface area contributed by atoms with Gasteiger partial charge in [-0.05, 0) is 12.5 Å². The minimum atomic E-state index is -1.06. The van der Waals surface area contributed by atoms with Crippen molar-refractivity contribution in [3.05, 3.63) is 35.9 Å². The molecule has 15 heavy (non-hydrogen) atoms. The molecule has 3 nitrogen and oxygen atoms in total. The molecule has 1 aromatic carbocycles. The largest absolute Gasteiger partial charge is 0.480 e. The molecule has 0 saturated carbocycles. The summed E-state index contributed by atoms with van der Waals surface area (Å²) in [6.07, 6.45) is -0.146. The topological polar surface area (TPSA) is 46.5 Å². The predicted molar refractivity (Wildman–Crippen MR) is 58.1 cm³/mol. The maximum absolute atomic E-state index is 10.4. The molecule has 1 N–H and O–H groups in total. The van der Waals surface area contributed by atoms with E-state index in [0.717, 1.165) is 5.56 Å². The molecule has 0 bridgehead atoms. The molecule has 0 fully saturated rings. The molecule has 1 aromatic rings. The first-order valence-electron chi connectivity index (χ1n) is 4.64. The number of carbonyl (C=O) groups is 1. The van der Waals surface area contributed by atoms with Gasteiger partial charge in [0.1, 0.15) is 0 Å². The molecular formula is C11H13ClO3. The van der Waals surface area contributed by atoms with Crippen molar-refractivity contribution in [3.63, 3.8) is 0 Å². The summed E-state index contributed by atoms with van der Waals surface area (Å²) in [5, 5.41) is 7.56. The van der Waals surface area contributed by atoms with Crippen LogP contribution in [0.1, 0.15) is 18.6 Å². The first-order valence-corrected chi connectivity index (χ1v) is 5.08. The smallest absolute Gasteiger partial charge is 0.324 e. The lowest BCUT2D eigenvalue weighted by Crippen LogP contribution is -2.20. The van der Waals surface area contributed by atoms with Crippen LogP contribution in [0.5, 0.6) is 0 Å². The number of halogens is 1. The Morgan fingerprint density at radius 2 is 2.07 bits per heavy atom. The summed E-state index contributed by atoms with van der Waals surface area (Å²) in [7, 11) is 0. The van der Waals surface area contributed by atoms with Gasteiger partial charge in [0, 0.05) is 0 Å². The quantitative estimate of drug-likeness (QED) is 0.788. The molecule has 0 spiro atoms. The molecule has 1 rings (SSSR count). The zero-order chi connectivity index (χ0) is 11.3. The van der Waals surface area contributed by atoms with Crippen LogP contribution in [0.3, 0.4) is 0 Å². The normalized spacial score (nSPS) is 14.5. The highest BCUT2D eigenvalue weighted by molar-refractivity contribution is 6.29. The molecule has 0 saturated heterocycles. The van der Waals surface area contributed by atoms with Crippen molar-refractivity contribution in [2.75, 3.05) is 6.61 Å². The van der Waals surface area contributed by atoms with E-state index in [0.29, 0.717) is 0 Å². The Kier molecular flexibility index (Phi) is 4.59. The van der Waals surface area contributed by atoms with Gasteiger partial charge in [-0.15, -0.1) is 11.6 Å². The fourth-order valence-electron chi connectivity index (χ4n) is 1.12. The SMILES string of the molecule is CC(OCC(Cl)C(=O)O)c1ccccc1. The van der Waals surface area contributed by atoms with Crippen LogP contribution in [0, 0.1) is 0 Å². The van der Waals surface area contributed by atoms with E-state index >= 15 is 0 Å². The lowest BCUT2D eigenvalue weighted by atomic mass is 10.1. The van der Waals surface area contributed by atoms with Gasteiger partial charge in [0.2, 0.25) is 0 Å². The van der Waals surface area contributed by atoms with Crippen LogP contribution in [0.15, 0.2) is 30.3 Å². The van der Waals surface area contributed by atoms with Gasteiger partial charge >= 0.3 is 5.97 Å². The Hall–Kier alpha value is -1.06. The van der Waals surface area contributed by atoms with E-state index in [9.17, 15) is 4.79 Å². The van der Waals surface area contributed by atoms with Gasteiger partial charge in [0.15, 0.2) is 5.38 Å². The van der Waals surface area contributed by atoms with Gasteiger partial charge in [0.05, 0.1) is 12.7 Å². The summed E-state index contributed by atoms with van der Waals surface area (Å²) in [5.41, 5.74) is 1.01. The van der Waals surface area contributed by atoms with Crippen LogP contribution in [0.2, 0.25) is 0 Å². The lowest BCUT2D eigenvalue weighted by molar-refractivity contribution is -0.138. The predicted octanol–water partition coefficient (Wildman–Crippen LogP) is 2.46. The van der Waals surface area contributed by atoms with Crippen molar-refractivity contribution in [2.45, 2.75) is 18.4 Å². The van der Waals surface area contributed by atoms with E-state index in [-0.39, 0.29) is 12.7 Å². The molecule has 82 valence electrons.